The molecule has 1 aromatic heterocycles. The van der Waals surface area contributed by atoms with Gasteiger partial charge in [-0.3, -0.25) is 15.1 Å². The summed E-state index contributed by atoms with van der Waals surface area (Å²) in [5.41, 5.74) is 0.319. The van der Waals surface area contributed by atoms with Crippen LogP contribution in [0.2, 0.25) is 0 Å². The molecule has 0 fully saturated rings. The fourth-order valence-electron chi connectivity index (χ4n) is 1.04. The lowest BCUT2D eigenvalue weighted by Crippen LogP contribution is -2.48. The van der Waals surface area contributed by atoms with Crippen molar-refractivity contribution >= 4 is 23.2 Å². The Labute approximate surface area is 100 Å². The molecule has 2 N–H and O–H groups in total. The third-order valence-electron chi connectivity index (χ3n) is 1.64. The van der Waals surface area contributed by atoms with Crippen LogP contribution >= 0.6 is 12.2 Å². The van der Waals surface area contributed by atoms with E-state index in [4.69, 9.17) is 12.2 Å². The average Bonchev–Trinajstić information content (AvgIpc) is 2.16. The normalized spacial score (nSPS) is 10.7. The Morgan fingerprint density at radius 1 is 1.44 bits per heavy atom. The molecule has 16 heavy (non-hydrogen) atoms. The van der Waals surface area contributed by atoms with Crippen LogP contribution < -0.4 is 10.6 Å². The summed E-state index contributed by atoms with van der Waals surface area (Å²) in [6, 6.07) is 3.39. The Balaban J connectivity index is 2.56. The molecule has 0 atom stereocenters. The number of carbonyl (C=O) groups is 1. The van der Waals surface area contributed by atoms with Crippen molar-refractivity contribution in [3.8, 4) is 0 Å². The van der Waals surface area contributed by atoms with E-state index in [2.05, 4.69) is 15.6 Å². The molecule has 0 bridgehead atoms. The largest absolute Gasteiger partial charge is 0.358 e. The molecular formula is C11H15N3OS. The van der Waals surface area contributed by atoms with Gasteiger partial charge in [0.2, 0.25) is 0 Å². The number of nitrogens with one attached hydrogen (secondary N) is 2. The summed E-state index contributed by atoms with van der Waals surface area (Å²) in [5.74, 6) is -0.255. The number of aromatic nitrogens is 1. The highest BCUT2D eigenvalue weighted by Gasteiger charge is 2.13. The molecule has 5 heteroatoms. The predicted molar refractivity (Wildman–Crippen MR) is 67.2 cm³/mol. The molecule has 0 radical (unpaired) electrons. The summed E-state index contributed by atoms with van der Waals surface area (Å²) in [7, 11) is 0. The zero-order valence-corrected chi connectivity index (χ0v) is 10.4. The second-order valence-corrected chi connectivity index (χ2v) is 4.81. The number of carbonyl (C=O) groups excluding carboxylic acids is 1. The molecule has 0 aliphatic carbocycles. The van der Waals surface area contributed by atoms with Gasteiger partial charge in [-0.15, -0.1) is 0 Å². The van der Waals surface area contributed by atoms with Gasteiger partial charge in [-0.1, -0.05) is 0 Å². The molecule has 0 spiro atoms. The molecular weight excluding hydrogens is 222 g/mol. The van der Waals surface area contributed by atoms with E-state index >= 15 is 0 Å². The summed E-state index contributed by atoms with van der Waals surface area (Å²) >= 11 is 5.01. The van der Waals surface area contributed by atoms with Gasteiger partial charge in [0, 0.05) is 17.9 Å². The lowest BCUT2D eigenvalue weighted by Gasteiger charge is -2.22. The Morgan fingerprint density at radius 2 is 2.12 bits per heavy atom. The summed E-state index contributed by atoms with van der Waals surface area (Å²) in [5, 5.41) is 5.91. The lowest BCUT2D eigenvalue weighted by atomic mass is 10.1. The van der Waals surface area contributed by atoms with Crippen LogP contribution in [-0.2, 0) is 0 Å². The van der Waals surface area contributed by atoms with Crippen LogP contribution in [0.15, 0.2) is 24.5 Å². The number of hydrogen-bond donors (Lipinski definition) is 2. The maximum absolute atomic E-state index is 11.7. The monoisotopic (exact) mass is 237 g/mol. The molecule has 0 unspecified atom stereocenters. The van der Waals surface area contributed by atoms with Gasteiger partial charge in [-0.2, -0.15) is 0 Å². The predicted octanol–water partition coefficient (Wildman–Crippen LogP) is 1.48. The molecule has 1 rings (SSSR count). The van der Waals surface area contributed by atoms with E-state index in [1.807, 2.05) is 20.8 Å². The van der Waals surface area contributed by atoms with Crippen molar-refractivity contribution < 1.29 is 4.79 Å². The Kier molecular flexibility index (Phi) is 3.95. The maximum atomic E-state index is 11.7. The minimum atomic E-state index is -0.255. The molecule has 1 heterocycles. The Morgan fingerprint density at radius 3 is 2.62 bits per heavy atom. The van der Waals surface area contributed by atoms with Crippen LogP contribution in [0.5, 0.6) is 0 Å². The van der Waals surface area contributed by atoms with Gasteiger partial charge in [0.1, 0.15) is 0 Å². The van der Waals surface area contributed by atoms with Crippen molar-refractivity contribution in [1.29, 1.82) is 0 Å². The van der Waals surface area contributed by atoms with Crippen molar-refractivity contribution in [3.63, 3.8) is 0 Å². The maximum Gasteiger partial charge on any atom is 0.258 e. The Bertz CT molecular complexity index is 384. The van der Waals surface area contributed by atoms with Crippen LogP contribution in [0.25, 0.3) is 0 Å². The number of thiocarbonyl (C=S) groups is 1. The lowest BCUT2D eigenvalue weighted by molar-refractivity contribution is 0.0976. The highest BCUT2D eigenvalue weighted by atomic mass is 32.1. The van der Waals surface area contributed by atoms with Crippen LogP contribution in [0, 0.1) is 0 Å². The highest BCUT2D eigenvalue weighted by molar-refractivity contribution is 7.80. The van der Waals surface area contributed by atoms with Gasteiger partial charge in [0.15, 0.2) is 5.11 Å². The fraction of sp³-hybridized carbons (Fsp3) is 0.364. The minimum Gasteiger partial charge on any atom is -0.358 e. The summed E-state index contributed by atoms with van der Waals surface area (Å²) < 4.78 is 0. The topological polar surface area (TPSA) is 54.0 Å². The number of nitrogens with zero attached hydrogens (tertiary/aromatic N) is 1. The first-order valence-corrected chi connectivity index (χ1v) is 5.33. The highest BCUT2D eigenvalue weighted by Crippen LogP contribution is 1.99. The molecule has 0 aliphatic rings. The molecule has 86 valence electrons. The van der Waals surface area contributed by atoms with Crippen molar-refractivity contribution in [2.24, 2.45) is 0 Å². The van der Waals surface area contributed by atoms with Gasteiger partial charge in [0.05, 0.1) is 5.56 Å². The van der Waals surface area contributed by atoms with E-state index in [1.165, 1.54) is 6.20 Å². The van der Waals surface area contributed by atoms with E-state index in [0.29, 0.717) is 10.7 Å². The van der Waals surface area contributed by atoms with Crippen LogP contribution in [0.4, 0.5) is 0 Å². The summed E-state index contributed by atoms with van der Waals surface area (Å²) in [4.78, 5) is 15.5. The van der Waals surface area contributed by atoms with Gasteiger partial charge in [-0.05, 0) is 45.1 Å². The first-order chi connectivity index (χ1) is 7.38. The van der Waals surface area contributed by atoms with E-state index < -0.39 is 0 Å². The SMILES string of the molecule is CC(C)(C)NC(=S)NC(=O)c1cccnc1. The first kappa shape index (κ1) is 12.6. The number of pyridine rings is 1. The second kappa shape index (κ2) is 5.03. The van der Waals surface area contributed by atoms with E-state index in [0.717, 1.165) is 0 Å². The molecule has 0 saturated heterocycles. The number of amides is 1. The van der Waals surface area contributed by atoms with Crippen LogP contribution in [-0.4, -0.2) is 21.5 Å². The second-order valence-electron chi connectivity index (χ2n) is 4.40. The van der Waals surface area contributed by atoms with Gasteiger partial charge >= 0.3 is 0 Å². The quantitative estimate of drug-likeness (QED) is 0.727. The molecule has 4 nitrogen and oxygen atoms in total. The van der Waals surface area contributed by atoms with Gasteiger partial charge in [0.25, 0.3) is 5.91 Å². The van der Waals surface area contributed by atoms with Crippen LogP contribution in [0.1, 0.15) is 31.1 Å². The smallest absolute Gasteiger partial charge is 0.258 e. The van der Waals surface area contributed by atoms with Crippen molar-refractivity contribution in [1.82, 2.24) is 15.6 Å². The van der Waals surface area contributed by atoms with E-state index in [9.17, 15) is 4.79 Å². The minimum absolute atomic E-state index is 0.167. The molecule has 1 aromatic rings. The molecule has 0 aliphatic heterocycles. The number of rotatable bonds is 1. The number of hydrogen-bond acceptors (Lipinski definition) is 3. The fourth-order valence-corrected chi connectivity index (χ4v) is 1.44. The molecule has 0 aromatic carbocycles. The zero-order chi connectivity index (χ0) is 12.2. The average molecular weight is 237 g/mol. The summed E-state index contributed by atoms with van der Waals surface area (Å²) in [6.45, 7) is 5.90. The van der Waals surface area contributed by atoms with Gasteiger partial charge < -0.3 is 5.32 Å². The standard InChI is InChI=1S/C11H15N3OS/c1-11(2,3)14-10(16)13-9(15)8-5-4-6-12-7-8/h4-7H,1-3H3,(H2,13,14,15,16). The third kappa shape index (κ3) is 4.35. The van der Waals surface area contributed by atoms with Crippen molar-refractivity contribution in [2.75, 3.05) is 0 Å². The molecule has 0 saturated carbocycles. The summed E-state index contributed by atoms with van der Waals surface area (Å²) in [6.07, 6.45) is 3.11. The third-order valence-corrected chi connectivity index (χ3v) is 1.84. The van der Waals surface area contributed by atoms with E-state index in [-0.39, 0.29) is 11.4 Å². The Hall–Kier alpha value is -1.49. The van der Waals surface area contributed by atoms with Crippen LogP contribution in [0.3, 0.4) is 0 Å². The van der Waals surface area contributed by atoms with Gasteiger partial charge in [-0.25, -0.2) is 0 Å². The molecule has 1 amide bonds. The van der Waals surface area contributed by atoms with E-state index in [1.54, 1.807) is 18.3 Å². The van der Waals surface area contributed by atoms with Crippen molar-refractivity contribution in [2.45, 2.75) is 26.3 Å². The van der Waals surface area contributed by atoms with Crippen molar-refractivity contribution in [3.05, 3.63) is 30.1 Å². The first-order valence-electron chi connectivity index (χ1n) is 4.92. The zero-order valence-electron chi connectivity index (χ0n) is 9.57.